The van der Waals surface area contributed by atoms with E-state index in [9.17, 15) is 9.59 Å². The van der Waals surface area contributed by atoms with Crippen molar-refractivity contribution in [2.24, 2.45) is 5.73 Å². The van der Waals surface area contributed by atoms with Gasteiger partial charge in [-0.05, 0) is 30.3 Å². The smallest absolute Gasteiger partial charge is 0.366 e. The maximum absolute atomic E-state index is 12.5. The summed E-state index contributed by atoms with van der Waals surface area (Å²) in [4.78, 5) is 42.2. The molecule has 0 spiro atoms. The number of nitrogens with zero attached hydrogens (tertiary/aromatic N) is 4. The lowest BCUT2D eigenvalue weighted by molar-refractivity contribution is 0.0480. The minimum absolute atomic E-state index is 0.140. The fourth-order valence-electron chi connectivity index (χ4n) is 2.78. The van der Waals surface area contributed by atoms with E-state index in [2.05, 4.69) is 15.0 Å². The Balaban J connectivity index is 1.63. The van der Waals surface area contributed by atoms with Crippen LogP contribution in [0.1, 0.15) is 20.7 Å². The van der Waals surface area contributed by atoms with Crippen LogP contribution in [-0.2, 0) is 0 Å². The van der Waals surface area contributed by atoms with E-state index < -0.39 is 11.9 Å². The molecule has 3 aromatic heterocycles. The van der Waals surface area contributed by atoms with Gasteiger partial charge in [0, 0.05) is 24.0 Å². The van der Waals surface area contributed by atoms with Crippen LogP contribution in [0.3, 0.4) is 0 Å². The highest BCUT2D eigenvalue weighted by Crippen LogP contribution is 2.25. The molecule has 1 amide bonds. The minimum Gasteiger partial charge on any atom is -0.497 e. The molecule has 0 saturated carbocycles. The lowest BCUT2D eigenvalue weighted by Gasteiger charge is -2.07. The average Bonchev–Trinajstić information content (AvgIpc) is 3.12. The summed E-state index contributed by atoms with van der Waals surface area (Å²) in [6.45, 7) is 0. The van der Waals surface area contributed by atoms with E-state index in [1.54, 1.807) is 36.5 Å². The number of fused-ring (bicyclic) bond motifs is 1. The van der Waals surface area contributed by atoms with Crippen LogP contribution in [0.4, 0.5) is 0 Å². The number of aromatic nitrogens is 4. The molecule has 0 saturated heterocycles. The van der Waals surface area contributed by atoms with Crippen molar-refractivity contribution < 1.29 is 19.2 Å². The molecule has 4 aromatic rings. The largest absolute Gasteiger partial charge is 0.497 e. The van der Waals surface area contributed by atoms with Gasteiger partial charge in [0.1, 0.15) is 11.4 Å². The van der Waals surface area contributed by atoms with Crippen molar-refractivity contribution in [2.45, 2.75) is 0 Å². The van der Waals surface area contributed by atoms with Gasteiger partial charge >= 0.3 is 5.97 Å². The normalized spacial score (nSPS) is 10.7. The van der Waals surface area contributed by atoms with Gasteiger partial charge in [0.2, 0.25) is 0 Å². The molecule has 3 heterocycles. The molecule has 0 atom stereocenters. The summed E-state index contributed by atoms with van der Waals surface area (Å²) >= 11 is 0. The highest BCUT2D eigenvalue weighted by atomic mass is 16.7. The summed E-state index contributed by atoms with van der Waals surface area (Å²) in [5.41, 5.74) is 6.85. The number of hydrogen-bond donors (Lipinski definition) is 1. The van der Waals surface area contributed by atoms with E-state index in [1.165, 1.54) is 30.4 Å². The lowest BCUT2D eigenvalue weighted by atomic mass is 10.1. The van der Waals surface area contributed by atoms with E-state index in [-0.39, 0.29) is 11.1 Å². The fraction of sp³-hybridized carbons (Fsp3) is 0.0500. The Morgan fingerprint density at radius 2 is 1.86 bits per heavy atom. The summed E-state index contributed by atoms with van der Waals surface area (Å²) in [7, 11) is 1.51. The summed E-state index contributed by atoms with van der Waals surface area (Å²) in [6.07, 6.45) is 5.68. The topological polar surface area (TPSA) is 122 Å². The summed E-state index contributed by atoms with van der Waals surface area (Å²) in [5.74, 6) is -0.415. The molecule has 0 unspecified atom stereocenters. The molecule has 0 aliphatic rings. The Morgan fingerprint density at radius 3 is 2.52 bits per heavy atom. The number of pyridine rings is 1. The predicted molar refractivity (Wildman–Crippen MR) is 103 cm³/mol. The lowest BCUT2D eigenvalue weighted by Crippen LogP contribution is -2.20. The van der Waals surface area contributed by atoms with Crippen molar-refractivity contribution in [1.29, 1.82) is 0 Å². The van der Waals surface area contributed by atoms with Crippen molar-refractivity contribution in [3.05, 3.63) is 72.3 Å². The third-order valence-electron chi connectivity index (χ3n) is 4.21. The Labute approximate surface area is 164 Å². The number of ether oxygens (including phenoxy) is 1. The van der Waals surface area contributed by atoms with Crippen LogP contribution in [0.15, 0.2) is 61.2 Å². The molecular formula is C20H15N5O4. The number of methoxy groups -OCH3 is 1. The van der Waals surface area contributed by atoms with E-state index in [1.807, 2.05) is 6.07 Å². The van der Waals surface area contributed by atoms with E-state index in [0.29, 0.717) is 28.2 Å². The number of hydrogen-bond acceptors (Lipinski definition) is 7. The zero-order valence-electron chi connectivity index (χ0n) is 15.3. The van der Waals surface area contributed by atoms with Gasteiger partial charge in [-0.2, -0.15) is 4.73 Å². The second-order valence-electron chi connectivity index (χ2n) is 6.00. The van der Waals surface area contributed by atoms with Crippen LogP contribution in [0.5, 0.6) is 5.75 Å². The molecule has 9 heteroatoms. The molecular weight excluding hydrogens is 374 g/mol. The molecule has 1 aromatic carbocycles. The van der Waals surface area contributed by atoms with Gasteiger partial charge in [-0.3, -0.25) is 9.78 Å². The van der Waals surface area contributed by atoms with Crippen molar-refractivity contribution in [2.75, 3.05) is 7.11 Å². The molecule has 0 radical (unpaired) electrons. The van der Waals surface area contributed by atoms with Crippen LogP contribution in [-0.4, -0.2) is 38.7 Å². The van der Waals surface area contributed by atoms with Gasteiger partial charge in [-0.25, -0.2) is 14.8 Å². The SMILES string of the molecule is COc1ccc2c(c1)c(C(N)=O)cn2OC(=O)c1cnc(-c2ccccn2)nc1. The number of benzene rings is 1. The molecule has 144 valence electrons. The van der Waals surface area contributed by atoms with Gasteiger partial charge in [-0.1, -0.05) is 6.07 Å². The van der Waals surface area contributed by atoms with Crippen molar-refractivity contribution in [1.82, 2.24) is 19.7 Å². The summed E-state index contributed by atoms with van der Waals surface area (Å²) < 4.78 is 6.36. The Morgan fingerprint density at radius 1 is 1.07 bits per heavy atom. The highest BCUT2D eigenvalue weighted by molar-refractivity contribution is 6.06. The number of carbonyl (C=O) groups is 2. The van der Waals surface area contributed by atoms with Crippen LogP contribution < -0.4 is 15.3 Å². The van der Waals surface area contributed by atoms with Crippen molar-refractivity contribution in [3.63, 3.8) is 0 Å². The number of nitrogens with two attached hydrogens (primary N) is 1. The standard InChI is InChI=1S/C20H15N5O4/c1-28-13-5-6-17-14(8-13)15(18(21)26)11-25(17)29-20(27)12-9-23-19(24-10-12)16-4-2-3-7-22-16/h2-11H,1H3,(H2,21,26). The van der Waals surface area contributed by atoms with E-state index in [4.69, 9.17) is 15.3 Å². The molecule has 4 rings (SSSR count). The fourth-order valence-corrected chi connectivity index (χ4v) is 2.78. The summed E-state index contributed by atoms with van der Waals surface area (Å²) in [5, 5.41) is 0.506. The molecule has 0 aliphatic carbocycles. The number of primary amides is 1. The molecule has 9 nitrogen and oxygen atoms in total. The number of rotatable bonds is 5. The molecule has 0 aliphatic heterocycles. The quantitative estimate of drug-likeness (QED) is 0.553. The van der Waals surface area contributed by atoms with E-state index >= 15 is 0 Å². The van der Waals surface area contributed by atoms with Crippen LogP contribution in [0.2, 0.25) is 0 Å². The third kappa shape index (κ3) is 3.48. The monoisotopic (exact) mass is 389 g/mol. The van der Waals surface area contributed by atoms with Gasteiger partial charge in [0.15, 0.2) is 5.82 Å². The van der Waals surface area contributed by atoms with Crippen molar-refractivity contribution >= 4 is 22.8 Å². The van der Waals surface area contributed by atoms with Crippen LogP contribution in [0, 0.1) is 0 Å². The van der Waals surface area contributed by atoms with Crippen LogP contribution >= 0.6 is 0 Å². The predicted octanol–water partition coefficient (Wildman–Crippen LogP) is 1.87. The second-order valence-corrected chi connectivity index (χ2v) is 6.00. The van der Waals surface area contributed by atoms with Crippen molar-refractivity contribution in [3.8, 4) is 17.3 Å². The Bertz CT molecular complexity index is 1200. The Hall–Kier alpha value is -4.27. The first-order valence-electron chi connectivity index (χ1n) is 8.52. The maximum atomic E-state index is 12.5. The van der Waals surface area contributed by atoms with Gasteiger partial charge in [-0.15, -0.1) is 0 Å². The van der Waals surface area contributed by atoms with Crippen LogP contribution in [0.25, 0.3) is 22.4 Å². The second kappa shape index (κ2) is 7.39. The zero-order chi connectivity index (χ0) is 20.4. The average molecular weight is 389 g/mol. The number of amides is 1. The third-order valence-corrected chi connectivity index (χ3v) is 4.21. The molecule has 29 heavy (non-hydrogen) atoms. The molecule has 0 fully saturated rings. The molecule has 2 N–H and O–H groups in total. The molecule has 0 bridgehead atoms. The highest BCUT2D eigenvalue weighted by Gasteiger charge is 2.18. The van der Waals surface area contributed by atoms with Gasteiger partial charge in [0.05, 0.1) is 30.0 Å². The van der Waals surface area contributed by atoms with Gasteiger partial charge in [0.25, 0.3) is 5.91 Å². The first-order valence-corrected chi connectivity index (χ1v) is 8.52. The number of carbonyl (C=O) groups excluding carboxylic acids is 2. The first-order chi connectivity index (χ1) is 14.1. The van der Waals surface area contributed by atoms with E-state index in [0.717, 1.165) is 0 Å². The van der Waals surface area contributed by atoms with Gasteiger partial charge < -0.3 is 15.3 Å². The Kier molecular flexibility index (Phi) is 4.62. The zero-order valence-corrected chi connectivity index (χ0v) is 15.3. The first kappa shape index (κ1) is 18.1. The minimum atomic E-state index is -0.693. The maximum Gasteiger partial charge on any atom is 0.366 e. The summed E-state index contributed by atoms with van der Waals surface area (Å²) in [6, 6.07) is 10.4.